The first-order valence-electron chi connectivity index (χ1n) is 14.8. The van der Waals surface area contributed by atoms with Crippen LogP contribution >= 0.6 is 0 Å². The summed E-state index contributed by atoms with van der Waals surface area (Å²) in [5.74, 6) is 3.34. The fourth-order valence-corrected chi connectivity index (χ4v) is 5.47. The van der Waals surface area contributed by atoms with Crippen LogP contribution in [0.25, 0.3) is 11.4 Å². The van der Waals surface area contributed by atoms with Crippen molar-refractivity contribution in [3.8, 4) is 17.1 Å². The molecule has 1 heterocycles. The van der Waals surface area contributed by atoms with Gasteiger partial charge in [-0.15, -0.1) is 0 Å². The maximum Gasteiger partial charge on any atom is 0.159 e. The van der Waals surface area contributed by atoms with Gasteiger partial charge < -0.3 is 4.74 Å². The standard InChI is InChI=1S/C32H50N2O/c1-3-5-7-8-9-10-11-12-14-24-35-31-22-20-29(21-23-31)32-33-25-30(26-34-32)28-18-16-27(17-19-28)15-13-6-4-2/h20-23,25-28H,3-19,24H2,1-2H3. The van der Waals surface area contributed by atoms with Gasteiger partial charge >= 0.3 is 0 Å². The van der Waals surface area contributed by atoms with Crippen LogP contribution in [0, 0.1) is 5.92 Å². The van der Waals surface area contributed by atoms with E-state index in [1.807, 2.05) is 0 Å². The highest BCUT2D eigenvalue weighted by Crippen LogP contribution is 2.37. The number of hydrogen-bond acceptors (Lipinski definition) is 3. The fraction of sp³-hybridized carbons (Fsp3) is 0.688. The van der Waals surface area contributed by atoms with E-state index in [9.17, 15) is 0 Å². The normalized spacial score (nSPS) is 18.0. The molecule has 0 saturated heterocycles. The molecule has 0 bridgehead atoms. The zero-order valence-electron chi connectivity index (χ0n) is 22.6. The Labute approximate surface area is 215 Å². The first-order valence-corrected chi connectivity index (χ1v) is 14.8. The number of rotatable bonds is 17. The molecule has 3 nitrogen and oxygen atoms in total. The van der Waals surface area contributed by atoms with E-state index >= 15 is 0 Å². The molecule has 0 radical (unpaired) electrons. The Morgan fingerprint density at radius 1 is 0.686 bits per heavy atom. The molecule has 35 heavy (non-hydrogen) atoms. The maximum absolute atomic E-state index is 5.95. The lowest BCUT2D eigenvalue weighted by Gasteiger charge is -2.28. The first kappa shape index (κ1) is 27.7. The van der Waals surface area contributed by atoms with Crippen LogP contribution in [0.4, 0.5) is 0 Å². The van der Waals surface area contributed by atoms with Crippen molar-refractivity contribution in [3.05, 3.63) is 42.2 Å². The van der Waals surface area contributed by atoms with Gasteiger partial charge in [0.1, 0.15) is 5.75 Å². The lowest BCUT2D eigenvalue weighted by atomic mass is 9.77. The van der Waals surface area contributed by atoms with Gasteiger partial charge in [-0.3, -0.25) is 0 Å². The number of aromatic nitrogens is 2. The van der Waals surface area contributed by atoms with Crippen molar-refractivity contribution in [2.24, 2.45) is 5.92 Å². The van der Waals surface area contributed by atoms with E-state index in [0.717, 1.165) is 36.1 Å². The minimum Gasteiger partial charge on any atom is -0.494 e. The third kappa shape index (κ3) is 10.3. The molecule has 0 atom stereocenters. The van der Waals surface area contributed by atoms with Crippen LogP contribution in [0.2, 0.25) is 0 Å². The molecule has 1 aliphatic carbocycles. The summed E-state index contributed by atoms with van der Waals surface area (Å²) in [6.45, 7) is 5.38. The Morgan fingerprint density at radius 3 is 1.89 bits per heavy atom. The van der Waals surface area contributed by atoms with Crippen LogP contribution in [-0.4, -0.2) is 16.6 Å². The quantitative estimate of drug-likeness (QED) is 0.212. The van der Waals surface area contributed by atoms with Gasteiger partial charge in [-0.2, -0.15) is 0 Å². The second kappa shape index (κ2) is 16.7. The largest absolute Gasteiger partial charge is 0.494 e. The summed E-state index contributed by atoms with van der Waals surface area (Å²) in [6, 6.07) is 8.28. The number of unbranched alkanes of at least 4 members (excludes halogenated alkanes) is 10. The van der Waals surface area contributed by atoms with Crippen molar-refractivity contribution in [2.45, 2.75) is 129 Å². The highest BCUT2D eigenvalue weighted by molar-refractivity contribution is 5.56. The molecule has 0 amide bonds. The summed E-state index contributed by atoms with van der Waals surface area (Å²) in [6.07, 6.45) is 27.1. The van der Waals surface area contributed by atoms with Crippen molar-refractivity contribution < 1.29 is 4.74 Å². The third-order valence-corrected chi connectivity index (χ3v) is 7.84. The Balaban J connectivity index is 1.33. The van der Waals surface area contributed by atoms with Crippen LogP contribution < -0.4 is 4.74 Å². The summed E-state index contributed by atoms with van der Waals surface area (Å²) in [4.78, 5) is 9.42. The molecule has 1 aromatic heterocycles. The smallest absolute Gasteiger partial charge is 0.159 e. The van der Waals surface area contributed by atoms with E-state index in [1.165, 1.54) is 108 Å². The lowest BCUT2D eigenvalue weighted by Crippen LogP contribution is -2.14. The van der Waals surface area contributed by atoms with Crippen molar-refractivity contribution in [3.63, 3.8) is 0 Å². The minimum atomic E-state index is 0.642. The molecule has 3 rings (SSSR count). The second-order valence-electron chi connectivity index (χ2n) is 10.8. The molecule has 0 N–H and O–H groups in total. The van der Waals surface area contributed by atoms with E-state index in [0.29, 0.717) is 5.92 Å². The summed E-state index contributed by atoms with van der Waals surface area (Å²) in [5, 5.41) is 0. The predicted octanol–water partition coefficient (Wildman–Crippen LogP) is 9.91. The minimum absolute atomic E-state index is 0.642. The van der Waals surface area contributed by atoms with Gasteiger partial charge in [0.15, 0.2) is 5.82 Å². The zero-order chi connectivity index (χ0) is 24.6. The highest BCUT2D eigenvalue weighted by Gasteiger charge is 2.22. The Bertz CT molecular complexity index is 778. The van der Waals surface area contributed by atoms with Gasteiger partial charge in [-0.1, -0.05) is 90.9 Å². The number of nitrogens with zero attached hydrogens (tertiary/aromatic N) is 2. The molecule has 3 heteroatoms. The van der Waals surface area contributed by atoms with Crippen LogP contribution in [0.1, 0.15) is 134 Å². The first-order chi connectivity index (χ1) is 17.3. The van der Waals surface area contributed by atoms with Gasteiger partial charge in [-0.25, -0.2) is 9.97 Å². The fourth-order valence-electron chi connectivity index (χ4n) is 5.47. The predicted molar refractivity (Wildman–Crippen MR) is 149 cm³/mol. The van der Waals surface area contributed by atoms with Gasteiger partial charge in [-0.05, 0) is 73.8 Å². The van der Waals surface area contributed by atoms with Gasteiger partial charge in [0.05, 0.1) is 6.61 Å². The average Bonchev–Trinajstić information content (AvgIpc) is 2.91. The SMILES string of the molecule is CCCCCCCCCCCOc1ccc(-c2ncc(C3CCC(CCCCC)CC3)cn2)cc1. The molecular weight excluding hydrogens is 428 g/mol. The van der Waals surface area contributed by atoms with E-state index in [1.54, 1.807) is 0 Å². The molecule has 0 aliphatic heterocycles. The number of ether oxygens (including phenoxy) is 1. The van der Waals surface area contributed by atoms with Crippen LogP contribution in [-0.2, 0) is 0 Å². The van der Waals surface area contributed by atoms with E-state index < -0.39 is 0 Å². The molecule has 1 saturated carbocycles. The molecule has 1 aliphatic rings. The van der Waals surface area contributed by atoms with Crippen molar-refractivity contribution in [1.29, 1.82) is 0 Å². The Hall–Kier alpha value is -1.90. The van der Waals surface area contributed by atoms with Gasteiger partial charge in [0.25, 0.3) is 0 Å². The number of benzene rings is 1. The molecule has 0 unspecified atom stereocenters. The van der Waals surface area contributed by atoms with Gasteiger partial charge in [0, 0.05) is 18.0 Å². The Kier molecular flexibility index (Phi) is 13.2. The van der Waals surface area contributed by atoms with E-state index in [2.05, 4.69) is 50.5 Å². The summed E-state index contributed by atoms with van der Waals surface area (Å²) in [7, 11) is 0. The highest BCUT2D eigenvalue weighted by atomic mass is 16.5. The van der Waals surface area contributed by atoms with Crippen molar-refractivity contribution >= 4 is 0 Å². The van der Waals surface area contributed by atoms with E-state index in [-0.39, 0.29) is 0 Å². The Morgan fingerprint density at radius 2 is 1.26 bits per heavy atom. The van der Waals surface area contributed by atoms with E-state index in [4.69, 9.17) is 14.7 Å². The molecule has 1 fully saturated rings. The van der Waals surface area contributed by atoms with Gasteiger partial charge in [0.2, 0.25) is 0 Å². The molecule has 1 aromatic carbocycles. The summed E-state index contributed by atoms with van der Waals surface area (Å²) < 4.78 is 5.95. The number of hydrogen-bond donors (Lipinski definition) is 0. The van der Waals surface area contributed by atoms with Crippen LogP contribution in [0.5, 0.6) is 5.75 Å². The lowest BCUT2D eigenvalue weighted by molar-refractivity contribution is 0.302. The van der Waals surface area contributed by atoms with Crippen LogP contribution in [0.15, 0.2) is 36.7 Å². The summed E-state index contributed by atoms with van der Waals surface area (Å²) >= 11 is 0. The zero-order valence-corrected chi connectivity index (χ0v) is 22.6. The average molecular weight is 479 g/mol. The van der Waals surface area contributed by atoms with Crippen molar-refractivity contribution in [1.82, 2.24) is 9.97 Å². The molecule has 194 valence electrons. The topological polar surface area (TPSA) is 35.0 Å². The van der Waals surface area contributed by atoms with Crippen molar-refractivity contribution in [2.75, 3.05) is 6.61 Å². The third-order valence-electron chi connectivity index (χ3n) is 7.84. The monoisotopic (exact) mass is 478 g/mol. The maximum atomic E-state index is 5.95. The molecular formula is C32H50N2O. The summed E-state index contributed by atoms with van der Waals surface area (Å²) in [5.41, 5.74) is 2.38. The molecule has 2 aromatic rings. The molecule has 0 spiro atoms. The second-order valence-corrected chi connectivity index (χ2v) is 10.8. The van der Waals surface area contributed by atoms with Crippen LogP contribution in [0.3, 0.4) is 0 Å².